The highest BCUT2D eigenvalue weighted by Gasteiger charge is 2.26. The minimum absolute atomic E-state index is 0.187. The Hall–Kier alpha value is -11.8. The fourth-order valence-corrected chi connectivity index (χ4v) is 12.9. The third-order valence-corrected chi connectivity index (χ3v) is 16.7. The molecule has 0 aliphatic rings. The van der Waals surface area contributed by atoms with Crippen LogP contribution in [0.4, 0.5) is 0 Å². The number of benzene rings is 11. The van der Waals surface area contributed by atoms with Crippen molar-refractivity contribution in [1.82, 2.24) is 37.9 Å². The molecular weight excluding hydrogens is 1040 g/mol. The first-order valence-corrected chi connectivity index (χ1v) is 27.7. The molecule has 11 aromatic carbocycles. The van der Waals surface area contributed by atoms with Gasteiger partial charge < -0.3 is 13.4 Å². The van der Waals surface area contributed by atoms with Gasteiger partial charge >= 0.3 is 11.7 Å². The average molecular weight is 1080 g/mol. The van der Waals surface area contributed by atoms with Gasteiger partial charge in [0.1, 0.15) is 22.2 Å². The van der Waals surface area contributed by atoms with Crippen LogP contribution in [0.5, 0.6) is 0 Å². The van der Waals surface area contributed by atoms with Crippen molar-refractivity contribution >= 4 is 110 Å². The summed E-state index contributed by atoms with van der Waals surface area (Å²) in [7, 11) is 0. The molecule has 0 radical (unpaired) electrons. The Labute approximate surface area is 474 Å². The molecular formula is C72H40N8O4. The van der Waals surface area contributed by atoms with E-state index in [1.807, 2.05) is 132 Å². The molecule has 12 nitrogen and oxygen atoms in total. The van der Waals surface area contributed by atoms with E-state index >= 15 is 4.79 Å². The molecule has 0 aliphatic heterocycles. The molecule has 0 saturated heterocycles. The Morgan fingerprint density at radius 2 is 0.857 bits per heavy atom. The van der Waals surface area contributed by atoms with E-state index in [-0.39, 0.29) is 22.8 Å². The summed E-state index contributed by atoms with van der Waals surface area (Å²) in [5, 5.41) is 5.61. The number of fused-ring (bicyclic) bond motifs is 17. The Bertz CT molecular complexity index is 5920. The molecule has 392 valence electrons. The fourth-order valence-electron chi connectivity index (χ4n) is 12.9. The van der Waals surface area contributed by atoms with Gasteiger partial charge in [-0.2, -0.15) is 9.97 Å². The van der Waals surface area contributed by atoms with Crippen molar-refractivity contribution in [1.29, 1.82) is 0 Å². The number of imidazole rings is 2. The molecule has 0 amide bonds. The van der Waals surface area contributed by atoms with Crippen LogP contribution >= 0.6 is 0 Å². The average Bonchev–Trinajstić information content (AvgIpc) is 2.01. The minimum atomic E-state index is -0.264. The smallest absolute Gasteiger partial charge is 0.310 e. The number of para-hydroxylation sites is 3. The SMILES string of the molecule is O=c1c2ccccc2oc2nc3c4c(ccc3n12)c1ccccc1n4-c1nc(-c2ccccc2)c2ccc(-c3cccc4oc5nc6c7c(ccc6n5c(=O)c34)c3ccccc3n7-c3cc(-c4ccccc4)cc(-c4ccccc4)c3)cc2n1. The Morgan fingerprint density at radius 1 is 0.333 bits per heavy atom. The molecule has 0 bridgehead atoms. The van der Waals surface area contributed by atoms with Gasteiger partial charge in [-0.1, -0.05) is 158 Å². The van der Waals surface area contributed by atoms with Crippen LogP contribution < -0.4 is 11.1 Å². The monoisotopic (exact) mass is 1080 g/mol. The van der Waals surface area contributed by atoms with E-state index in [4.69, 9.17) is 28.8 Å². The van der Waals surface area contributed by atoms with Gasteiger partial charge in [0.2, 0.25) is 5.95 Å². The summed E-state index contributed by atoms with van der Waals surface area (Å²) < 4.78 is 20.6. The zero-order valence-electron chi connectivity index (χ0n) is 44.3. The Kier molecular flexibility index (Phi) is 9.52. The number of aromatic nitrogens is 8. The van der Waals surface area contributed by atoms with Gasteiger partial charge in [-0.05, 0) is 118 Å². The van der Waals surface area contributed by atoms with Crippen molar-refractivity contribution in [2.45, 2.75) is 0 Å². The van der Waals surface area contributed by atoms with E-state index in [0.717, 1.165) is 88.1 Å². The number of nitrogens with zero attached hydrogens (tertiary/aromatic N) is 8. The van der Waals surface area contributed by atoms with Crippen molar-refractivity contribution in [2.24, 2.45) is 0 Å². The second-order valence-electron chi connectivity index (χ2n) is 21.3. The third kappa shape index (κ3) is 6.58. The standard InChI is InChI=1S/C72H40N8O4/c81-68-54-25-12-15-29-60(54)83-71-76-65-58(79(68)71)35-34-52-50-24-11-14-28-57(50)78(67(52)65)70-73-55-40-44(31-32-53(55)63(74-70)43-21-8-3-9-22-43)48-26-16-30-61-62(48)69(82)80-59-36-33-51-49-23-10-13-27-56(49)77(66(51)64(59)75-72(80)84-61)47-38-45(41-17-4-1-5-18-41)37-46(39-47)42-19-6-2-7-20-42/h1-40H. The fraction of sp³-hybridized carbons (Fsp3) is 0. The molecule has 84 heavy (non-hydrogen) atoms. The van der Waals surface area contributed by atoms with Gasteiger partial charge in [-0.15, -0.1) is 0 Å². The van der Waals surface area contributed by atoms with Gasteiger partial charge in [-0.25, -0.2) is 18.8 Å². The maximum absolute atomic E-state index is 15.6. The summed E-state index contributed by atoms with van der Waals surface area (Å²) >= 11 is 0. The lowest BCUT2D eigenvalue weighted by Gasteiger charge is -2.14. The van der Waals surface area contributed by atoms with Crippen LogP contribution in [0.3, 0.4) is 0 Å². The van der Waals surface area contributed by atoms with E-state index in [1.54, 1.807) is 16.5 Å². The molecule has 0 unspecified atom stereocenters. The van der Waals surface area contributed by atoms with E-state index in [9.17, 15) is 4.79 Å². The zero-order chi connectivity index (χ0) is 55.3. The van der Waals surface area contributed by atoms with Crippen LogP contribution in [-0.4, -0.2) is 37.9 Å². The molecule has 0 spiro atoms. The van der Waals surface area contributed by atoms with Gasteiger partial charge in [0, 0.05) is 38.2 Å². The number of rotatable bonds is 6. The Morgan fingerprint density at radius 3 is 1.51 bits per heavy atom. The van der Waals surface area contributed by atoms with Crippen molar-refractivity contribution in [2.75, 3.05) is 0 Å². The normalized spacial score (nSPS) is 12.1. The largest absolute Gasteiger partial charge is 0.424 e. The summed E-state index contributed by atoms with van der Waals surface area (Å²) in [6, 6.07) is 81.2. The van der Waals surface area contributed by atoms with Gasteiger partial charge in [0.15, 0.2) is 0 Å². The summed E-state index contributed by atoms with van der Waals surface area (Å²) in [6.45, 7) is 0. The minimum Gasteiger partial charge on any atom is -0.424 e. The first kappa shape index (κ1) is 46.0. The molecule has 0 N–H and O–H groups in total. The second-order valence-corrected chi connectivity index (χ2v) is 21.3. The molecule has 18 aromatic rings. The first-order chi connectivity index (χ1) is 41.5. The summed E-state index contributed by atoms with van der Waals surface area (Å²) in [4.78, 5) is 50.9. The quantitative estimate of drug-likeness (QED) is 0.161. The molecule has 0 fully saturated rings. The maximum atomic E-state index is 15.6. The Balaban J connectivity index is 0.860. The lowest BCUT2D eigenvalue weighted by molar-refractivity contribution is 0.616. The van der Waals surface area contributed by atoms with Crippen LogP contribution in [-0.2, 0) is 0 Å². The van der Waals surface area contributed by atoms with E-state index < -0.39 is 0 Å². The lowest BCUT2D eigenvalue weighted by Crippen LogP contribution is -2.13. The predicted octanol–water partition coefficient (Wildman–Crippen LogP) is 16.3. The molecule has 7 aromatic heterocycles. The van der Waals surface area contributed by atoms with Crippen LogP contribution in [0, 0.1) is 0 Å². The van der Waals surface area contributed by atoms with Crippen LogP contribution in [0.25, 0.3) is 166 Å². The highest BCUT2D eigenvalue weighted by Crippen LogP contribution is 2.42. The summed E-state index contributed by atoms with van der Waals surface area (Å²) in [5.41, 5.74) is 15.2. The molecule has 0 aliphatic carbocycles. The summed E-state index contributed by atoms with van der Waals surface area (Å²) in [5.74, 6) is 0.774. The first-order valence-electron chi connectivity index (χ1n) is 27.7. The van der Waals surface area contributed by atoms with Crippen LogP contribution in [0.15, 0.2) is 261 Å². The van der Waals surface area contributed by atoms with Crippen molar-refractivity contribution in [3.63, 3.8) is 0 Å². The third-order valence-electron chi connectivity index (χ3n) is 16.7. The van der Waals surface area contributed by atoms with Gasteiger partial charge in [0.05, 0.1) is 55.1 Å². The molecule has 0 saturated carbocycles. The van der Waals surface area contributed by atoms with Crippen molar-refractivity contribution < 1.29 is 8.83 Å². The van der Waals surface area contributed by atoms with E-state index in [0.29, 0.717) is 66.7 Å². The molecule has 7 heterocycles. The van der Waals surface area contributed by atoms with Crippen molar-refractivity contribution in [3.8, 4) is 56.3 Å². The van der Waals surface area contributed by atoms with Crippen molar-refractivity contribution in [3.05, 3.63) is 263 Å². The summed E-state index contributed by atoms with van der Waals surface area (Å²) in [6.07, 6.45) is 0. The van der Waals surface area contributed by atoms with Gasteiger partial charge in [0.25, 0.3) is 11.1 Å². The molecule has 0 atom stereocenters. The van der Waals surface area contributed by atoms with Crippen LogP contribution in [0.1, 0.15) is 0 Å². The number of hydrogen-bond acceptors (Lipinski definition) is 8. The topological polar surface area (TPSA) is 131 Å². The van der Waals surface area contributed by atoms with Crippen LogP contribution in [0.2, 0.25) is 0 Å². The van der Waals surface area contributed by atoms with E-state index in [1.165, 1.54) is 4.40 Å². The maximum Gasteiger partial charge on any atom is 0.310 e. The predicted molar refractivity (Wildman–Crippen MR) is 335 cm³/mol. The van der Waals surface area contributed by atoms with Gasteiger partial charge in [-0.3, -0.25) is 14.2 Å². The second kappa shape index (κ2) is 17.4. The van der Waals surface area contributed by atoms with E-state index in [2.05, 4.69) is 108 Å². The zero-order valence-corrected chi connectivity index (χ0v) is 44.3. The number of hydrogen-bond donors (Lipinski definition) is 0. The highest BCUT2D eigenvalue weighted by molar-refractivity contribution is 6.19. The molecule has 12 heteroatoms. The lowest BCUT2D eigenvalue weighted by atomic mass is 9.98. The molecule has 18 rings (SSSR count). The highest BCUT2D eigenvalue weighted by atomic mass is 16.4.